The molecule has 0 aliphatic rings. The van der Waals surface area contributed by atoms with Gasteiger partial charge in [0.1, 0.15) is 10.6 Å². The minimum Gasteiger partial charge on any atom is -0.329 e. The maximum Gasteiger partial charge on any atom is 0.225 e. The van der Waals surface area contributed by atoms with Crippen LogP contribution in [-0.2, 0) is 0 Å². The van der Waals surface area contributed by atoms with E-state index in [0.29, 0.717) is 0 Å². The molecule has 5 heteroatoms. The topological polar surface area (TPSA) is 29.0 Å². The Hall–Kier alpha value is -1.65. The van der Waals surface area contributed by atoms with Crippen LogP contribution in [0.2, 0.25) is 5.28 Å². The van der Waals surface area contributed by atoms with Crippen molar-refractivity contribution in [1.82, 2.24) is 9.97 Å². The second-order valence-corrected chi connectivity index (χ2v) is 5.53. The van der Waals surface area contributed by atoms with Gasteiger partial charge in [0, 0.05) is 12.7 Å². The Labute approximate surface area is 120 Å². The van der Waals surface area contributed by atoms with Crippen LogP contribution < -0.4 is 4.90 Å². The second kappa shape index (κ2) is 4.79. The van der Waals surface area contributed by atoms with Crippen LogP contribution in [0.1, 0.15) is 5.56 Å². The largest absolute Gasteiger partial charge is 0.329 e. The molecule has 0 aliphatic heterocycles. The highest BCUT2D eigenvalue weighted by molar-refractivity contribution is 7.16. The predicted octanol–water partition coefficient (Wildman–Crippen LogP) is 4.42. The number of halogens is 1. The van der Waals surface area contributed by atoms with Gasteiger partial charge < -0.3 is 4.90 Å². The molecule has 0 spiro atoms. The van der Waals surface area contributed by atoms with Crippen LogP contribution in [0, 0.1) is 6.92 Å². The molecule has 3 aromatic rings. The van der Waals surface area contributed by atoms with Crippen molar-refractivity contribution in [1.29, 1.82) is 0 Å². The van der Waals surface area contributed by atoms with E-state index < -0.39 is 0 Å². The lowest BCUT2D eigenvalue weighted by Crippen LogP contribution is -2.13. The summed E-state index contributed by atoms with van der Waals surface area (Å²) in [7, 11) is 2.00. The minimum absolute atomic E-state index is 0.283. The molecule has 2 aromatic heterocycles. The highest BCUT2D eigenvalue weighted by Crippen LogP contribution is 2.33. The van der Waals surface area contributed by atoms with Crippen LogP contribution in [0.3, 0.4) is 0 Å². The zero-order valence-electron chi connectivity index (χ0n) is 10.6. The predicted molar refractivity (Wildman–Crippen MR) is 81.7 cm³/mol. The Balaban J connectivity index is 2.19. The van der Waals surface area contributed by atoms with Gasteiger partial charge in [0.25, 0.3) is 0 Å². The van der Waals surface area contributed by atoms with Crippen molar-refractivity contribution in [3.05, 3.63) is 46.6 Å². The SMILES string of the molecule is Cc1ccccc1N(C)c1nc(Cl)nc2sccc12. The van der Waals surface area contributed by atoms with E-state index >= 15 is 0 Å². The Morgan fingerprint density at radius 2 is 1.95 bits per heavy atom. The number of rotatable bonds is 2. The van der Waals surface area contributed by atoms with E-state index in [1.54, 1.807) is 11.3 Å². The fourth-order valence-electron chi connectivity index (χ4n) is 2.12. The Morgan fingerprint density at radius 1 is 1.16 bits per heavy atom. The van der Waals surface area contributed by atoms with Crippen molar-refractivity contribution in [3.63, 3.8) is 0 Å². The first-order valence-electron chi connectivity index (χ1n) is 5.87. The van der Waals surface area contributed by atoms with Crippen LogP contribution in [0.4, 0.5) is 11.5 Å². The summed E-state index contributed by atoms with van der Waals surface area (Å²) < 4.78 is 0. The lowest BCUT2D eigenvalue weighted by atomic mass is 10.2. The van der Waals surface area contributed by atoms with Crippen molar-refractivity contribution in [2.45, 2.75) is 6.92 Å². The van der Waals surface area contributed by atoms with Gasteiger partial charge in [0.05, 0.1) is 5.39 Å². The summed E-state index contributed by atoms with van der Waals surface area (Å²) in [4.78, 5) is 11.6. The number of hydrogen-bond donors (Lipinski definition) is 0. The Kier molecular flexibility index (Phi) is 3.12. The van der Waals surface area contributed by atoms with Gasteiger partial charge in [-0.2, -0.15) is 4.98 Å². The summed E-state index contributed by atoms with van der Waals surface area (Å²) in [6, 6.07) is 10.2. The monoisotopic (exact) mass is 289 g/mol. The third-order valence-corrected chi connectivity index (χ3v) is 4.05. The van der Waals surface area contributed by atoms with Crippen molar-refractivity contribution < 1.29 is 0 Å². The molecule has 0 saturated heterocycles. The molecular weight excluding hydrogens is 278 g/mol. The molecule has 3 nitrogen and oxygen atoms in total. The van der Waals surface area contributed by atoms with Gasteiger partial charge in [-0.1, -0.05) is 18.2 Å². The molecule has 0 aliphatic carbocycles. The van der Waals surface area contributed by atoms with Crippen molar-refractivity contribution in [2.24, 2.45) is 0 Å². The lowest BCUT2D eigenvalue weighted by molar-refractivity contribution is 1.11. The van der Waals surface area contributed by atoms with E-state index in [-0.39, 0.29) is 5.28 Å². The average molecular weight is 290 g/mol. The third-order valence-electron chi connectivity index (χ3n) is 3.07. The van der Waals surface area contributed by atoms with E-state index in [9.17, 15) is 0 Å². The van der Waals surface area contributed by atoms with Crippen LogP contribution >= 0.6 is 22.9 Å². The van der Waals surface area contributed by atoms with Crippen LogP contribution in [0.25, 0.3) is 10.2 Å². The van der Waals surface area contributed by atoms with Crippen LogP contribution in [0.15, 0.2) is 35.7 Å². The highest BCUT2D eigenvalue weighted by Gasteiger charge is 2.14. The summed E-state index contributed by atoms with van der Waals surface area (Å²) in [5, 5.41) is 3.32. The van der Waals surface area contributed by atoms with Gasteiger partial charge in [-0.15, -0.1) is 11.3 Å². The molecule has 0 amide bonds. The van der Waals surface area contributed by atoms with Crippen molar-refractivity contribution in [2.75, 3.05) is 11.9 Å². The molecule has 0 atom stereocenters. The van der Waals surface area contributed by atoms with Gasteiger partial charge in [0.2, 0.25) is 5.28 Å². The summed E-state index contributed by atoms with van der Waals surface area (Å²) in [6.07, 6.45) is 0. The fraction of sp³-hybridized carbons (Fsp3) is 0.143. The molecule has 0 unspecified atom stereocenters. The standard InChI is InChI=1S/C14H12ClN3S/c1-9-5-3-4-6-11(9)18(2)12-10-7-8-19-13(10)17-14(15)16-12/h3-8H,1-2H3. The number of fused-ring (bicyclic) bond motifs is 1. The van der Waals surface area contributed by atoms with Gasteiger partial charge >= 0.3 is 0 Å². The highest BCUT2D eigenvalue weighted by atomic mass is 35.5. The van der Waals surface area contributed by atoms with Crippen molar-refractivity contribution >= 4 is 44.7 Å². The number of nitrogens with zero attached hydrogens (tertiary/aromatic N) is 3. The van der Waals surface area contributed by atoms with E-state index in [1.165, 1.54) is 5.56 Å². The molecular formula is C14H12ClN3S. The molecule has 0 N–H and O–H groups in total. The summed E-state index contributed by atoms with van der Waals surface area (Å²) in [5.41, 5.74) is 2.31. The average Bonchev–Trinajstić information content (AvgIpc) is 2.85. The van der Waals surface area contributed by atoms with Crippen molar-refractivity contribution in [3.8, 4) is 0 Å². The first kappa shape index (κ1) is 12.4. The molecule has 0 bridgehead atoms. The Bertz CT molecular complexity index is 738. The van der Waals surface area contributed by atoms with Gasteiger partial charge in [-0.3, -0.25) is 0 Å². The minimum atomic E-state index is 0.283. The molecule has 0 fully saturated rings. The van der Waals surface area contributed by atoms with Gasteiger partial charge in [-0.05, 0) is 41.6 Å². The number of benzene rings is 1. The molecule has 96 valence electrons. The fourth-order valence-corrected chi connectivity index (χ4v) is 3.10. The molecule has 2 heterocycles. The van der Waals surface area contributed by atoms with E-state index in [2.05, 4.69) is 33.9 Å². The van der Waals surface area contributed by atoms with Gasteiger partial charge in [0.15, 0.2) is 0 Å². The summed E-state index contributed by atoms with van der Waals surface area (Å²) in [6.45, 7) is 2.08. The second-order valence-electron chi connectivity index (χ2n) is 4.30. The number of hydrogen-bond acceptors (Lipinski definition) is 4. The zero-order chi connectivity index (χ0) is 13.4. The van der Waals surface area contributed by atoms with E-state index in [4.69, 9.17) is 11.6 Å². The van der Waals surface area contributed by atoms with Crippen LogP contribution in [0.5, 0.6) is 0 Å². The summed E-state index contributed by atoms with van der Waals surface area (Å²) >= 11 is 7.58. The normalized spacial score (nSPS) is 10.9. The first-order valence-corrected chi connectivity index (χ1v) is 7.12. The molecule has 0 saturated carbocycles. The third kappa shape index (κ3) is 2.17. The maximum absolute atomic E-state index is 6.01. The number of para-hydroxylation sites is 1. The molecule has 1 aromatic carbocycles. The lowest BCUT2D eigenvalue weighted by Gasteiger charge is -2.21. The number of anilines is 2. The molecule has 3 rings (SSSR count). The smallest absolute Gasteiger partial charge is 0.225 e. The number of aromatic nitrogens is 2. The van der Waals surface area contributed by atoms with E-state index in [0.717, 1.165) is 21.7 Å². The molecule has 19 heavy (non-hydrogen) atoms. The number of aryl methyl sites for hydroxylation is 1. The zero-order valence-corrected chi connectivity index (χ0v) is 12.2. The number of thiophene rings is 1. The first-order chi connectivity index (χ1) is 9.16. The van der Waals surface area contributed by atoms with Crippen LogP contribution in [-0.4, -0.2) is 17.0 Å². The Morgan fingerprint density at radius 3 is 2.74 bits per heavy atom. The quantitative estimate of drug-likeness (QED) is 0.654. The molecule has 0 radical (unpaired) electrons. The summed E-state index contributed by atoms with van der Waals surface area (Å²) in [5.74, 6) is 0.838. The maximum atomic E-state index is 6.01. The van der Waals surface area contributed by atoms with E-state index in [1.807, 2.05) is 30.6 Å². The van der Waals surface area contributed by atoms with Gasteiger partial charge in [-0.25, -0.2) is 4.98 Å².